The van der Waals surface area contributed by atoms with Crippen LogP contribution >= 0.6 is 11.6 Å². The van der Waals surface area contributed by atoms with Crippen molar-refractivity contribution < 1.29 is 0 Å². The summed E-state index contributed by atoms with van der Waals surface area (Å²) in [5, 5.41) is 3.06. The molecule has 0 saturated heterocycles. The second kappa shape index (κ2) is 3.92. The minimum atomic E-state index is -0.332. The molecule has 0 fully saturated rings. The predicted octanol–water partition coefficient (Wildman–Crippen LogP) is 2.40. The molecule has 0 aromatic heterocycles. The zero-order valence-electron chi connectivity index (χ0n) is 7.47. The van der Waals surface area contributed by atoms with E-state index in [1.54, 1.807) is 0 Å². The Morgan fingerprint density at radius 3 is 2.42 bits per heavy atom. The molecule has 1 N–H and O–H groups in total. The molecular weight excluding hydrogens is 170 g/mol. The van der Waals surface area contributed by atoms with Crippen LogP contribution in [-0.2, 0) is 6.42 Å². The van der Waals surface area contributed by atoms with Gasteiger partial charge >= 0.3 is 0 Å². The first-order valence-corrected chi connectivity index (χ1v) is 4.43. The molecule has 12 heavy (non-hydrogen) atoms. The van der Waals surface area contributed by atoms with Crippen molar-refractivity contribution in [3.8, 4) is 0 Å². The largest absolute Gasteiger partial charge is 0.302 e. The van der Waals surface area contributed by atoms with E-state index in [4.69, 9.17) is 11.6 Å². The van der Waals surface area contributed by atoms with Gasteiger partial charge in [-0.15, -0.1) is 11.6 Å². The van der Waals surface area contributed by atoms with Gasteiger partial charge < -0.3 is 5.32 Å². The molecule has 0 spiro atoms. The highest BCUT2D eigenvalue weighted by molar-refractivity contribution is 6.23. The molecule has 2 heteroatoms. The molecule has 0 saturated carbocycles. The van der Waals surface area contributed by atoms with Crippen LogP contribution in [0.2, 0.25) is 0 Å². The molecule has 1 aromatic rings. The minimum Gasteiger partial charge on any atom is -0.302 e. The lowest BCUT2D eigenvalue weighted by atomic mass is 10.1. The third kappa shape index (κ3) is 2.84. The molecular formula is C10H14ClN. The summed E-state index contributed by atoms with van der Waals surface area (Å²) in [6.45, 7) is 1.97. The van der Waals surface area contributed by atoms with E-state index in [-0.39, 0.29) is 5.00 Å². The zero-order chi connectivity index (χ0) is 9.03. The van der Waals surface area contributed by atoms with Crippen molar-refractivity contribution in [1.29, 1.82) is 0 Å². The van der Waals surface area contributed by atoms with Crippen molar-refractivity contribution in [3.63, 3.8) is 0 Å². The second-order valence-electron chi connectivity index (χ2n) is 3.11. The first-order valence-electron chi connectivity index (χ1n) is 4.06. The van der Waals surface area contributed by atoms with Crippen molar-refractivity contribution in [2.45, 2.75) is 18.3 Å². The third-order valence-corrected chi connectivity index (χ3v) is 2.22. The Morgan fingerprint density at radius 1 is 1.33 bits per heavy atom. The van der Waals surface area contributed by atoms with Crippen LogP contribution in [0.5, 0.6) is 0 Å². The molecule has 0 bridgehead atoms. The highest BCUT2D eigenvalue weighted by Gasteiger charge is 2.17. The molecule has 0 aliphatic rings. The summed E-state index contributed by atoms with van der Waals surface area (Å²) < 4.78 is 0. The Balaban J connectivity index is 2.64. The molecule has 1 unspecified atom stereocenters. The van der Waals surface area contributed by atoms with Crippen molar-refractivity contribution >= 4 is 11.6 Å². The fourth-order valence-corrected chi connectivity index (χ4v) is 1.22. The van der Waals surface area contributed by atoms with E-state index in [9.17, 15) is 0 Å². The number of hydrogen-bond acceptors (Lipinski definition) is 1. The molecule has 0 aliphatic heterocycles. The Morgan fingerprint density at radius 2 is 1.92 bits per heavy atom. The van der Waals surface area contributed by atoms with Crippen LogP contribution in [0.3, 0.4) is 0 Å². The van der Waals surface area contributed by atoms with E-state index >= 15 is 0 Å². The van der Waals surface area contributed by atoms with Gasteiger partial charge in [0.05, 0.1) is 5.00 Å². The molecule has 66 valence electrons. The van der Waals surface area contributed by atoms with Gasteiger partial charge in [0.25, 0.3) is 0 Å². The normalized spacial score (nSPS) is 15.6. The smallest absolute Gasteiger partial charge is 0.0945 e. The summed E-state index contributed by atoms with van der Waals surface area (Å²) in [6, 6.07) is 10.2. The highest BCUT2D eigenvalue weighted by atomic mass is 35.5. The van der Waals surface area contributed by atoms with Gasteiger partial charge in [0.15, 0.2) is 0 Å². The van der Waals surface area contributed by atoms with Crippen molar-refractivity contribution in [1.82, 2.24) is 5.32 Å². The maximum absolute atomic E-state index is 6.14. The summed E-state index contributed by atoms with van der Waals surface area (Å²) in [5.41, 5.74) is 1.25. The lowest BCUT2D eigenvalue weighted by molar-refractivity contribution is 0.540. The van der Waals surface area contributed by atoms with Crippen LogP contribution in [0.25, 0.3) is 0 Å². The number of likely N-dealkylation sites (N-methyl/N-ethyl adjacent to an activating group) is 1. The molecule has 0 amide bonds. The Hall–Kier alpha value is -0.530. The van der Waals surface area contributed by atoms with Crippen LogP contribution < -0.4 is 5.32 Å². The number of alkyl halides is 1. The Kier molecular flexibility index (Phi) is 3.12. The first kappa shape index (κ1) is 9.56. The van der Waals surface area contributed by atoms with Gasteiger partial charge in [0.2, 0.25) is 0 Å². The van der Waals surface area contributed by atoms with Crippen LogP contribution in [0.15, 0.2) is 30.3 Å². The van der Waals surface area contributed by atoms with Gasteiger partial charge in [0.1, 0.15) is 0 Å². The fourth-order valence-electron chi connectivity index (χ4n) is 1.07. The molecule has 0 aliphatic carbocycles. The fraction of sp³-hybridized carbons (Fsp3) is 0.400. The summed E-state index contributed by atoms with van der Waals surface area (Å²) in [4.78, 5) is -0.332. The Bertz CT molecular complexity index is 231. The first-order chi connectivity index (χ1) is 5.64. The zero-order valence-corrected chi connectivity index (χ0v) is 8.23. The minimum absolute atomic E-state index is 0.332. The standard InChI is InChI=1S/C10H14ClN/c1-10(11,12-2)8-9-6-4-3-5-7-9/h3-7,12H,8H2,1-2H3. The van der Waals surface area contributed by atoms with Gasteiger partial charge in [-0.2, -0.15) is 0 Å². The number of halogens is 1. The van der Waals surface area contributed by atoms with E-state index in [1.807, 2.05) is 32.2 Å². The average Bonchev–Trinajstić information content (AvgIpc) is 2.06. The van der Waals surface area contributed by atoms with Crippen molar-refractivity contribution in [2.75, 3.05) is 7.05 Å². The van der Waals surface area contributed by atoms with Crippen LogP contribution in [0.4, 0.5) is 0 Å². The highest BCUT2D eigenvalue weighted by Crippen LogP contribution is 2.16. The topological polar surface area (TPSA) is 12.0 Å². The Labute approximate surface area is 78.7 Å². The molecule has 1 nitrogen and oxygen atoms in total. The summed E-state index contributed by atoms with van der Waals surface area (Å²) in [6.07, 6.45) is 0.839. The quantitative estimate of drug-likeness (QED) is 0.561. The molecule has 1 aromatic carbocycles. The SMILES string of the molecule is CNC(C)(Cl)Cc1ccccc1. The summed E-state index contributed by atoms with van der Waals surface area (Å²) in [5.74, 6) is 0. The van der Waals surface area contributed by atoms with Gasteiger partial charge in [-0.25, -0.2) is 0 Å². The number of rotatable bonds is 3. The molecule has 0 radical (unpaired) electrons. The van der Waals surface area contributed by atoms with Crippen molar-refractivity contribution in [3.05, 3.63) is 35.9 Å². The van der Waals surface area contributed by atoms with Crippen LogP contribution in [0, 0.1) is 0 Å². The van der Waals surface area contributed by atoms with Gasteiger partial charge in [-0.1, -0.05) is 30.3 Å². The van der Waals surface area contributed by atoms with Crippen molar-refractivity contribution in [2.24, 2.45) is 0 Å². The molecule has 1 rings (SSSR count). The molecule has 1 atom stereocenters. The summed E-state index contributed by atoms with van der Waals surface area (Å²) in [7, 11) is 1.87. The monoisotopic (exact) mass is 183 g/mol. The number of benzene rings is 1. The second-order valence-corrected chi connectivity index (χ2v) is 3.94. The predicted molar refractivity (Wildman–Crippen MR) is 53.5 cm³/mol. The average molecular weight is 184 g/mol. The lowest BCUT2D eigenvalue weighted by Crippen LogP contribution is -2.35. The maximum atomic E-state index is 6.14. The van der Waals surface area contributed by atoms with E-state index in [2.05, 4.69) is 17.4 Å². The van der Waals surface area contributed by atoms with E-state index in [1.165, 1.54) is 5.56 Å². The maximum Gasteiger partial charge on any atom is 0.0945 e. The van der Waals surface area contributed by atoms with E-state index < -0.39 is 0 Å². The molecule has 0 heterocycles. The lowest BCUT2D eigenvalue weighted by Gasteiger charge is -2.20. The van der Waals surface area contributed by atoms with Gasteiger partial charge in [-0.05, 0) is 19.5 Å². The van der Waals surface area contributed by atoms with Crippen LogP contribution in [0.1, 0.15) is 12.5 Å². The number of nitrogens with one attached hydrogen (secondary N) is 1. The van der Waals surface area contributed by atoms with Gasteiger partial charge in [0, 0.05) is 6.42 Å². The van der Waals surface area contributed by atoms with Crippen LogP contribution in [-0.4, -0.2) is 12.0 Å². The number of hydrogen-bond donors (Lipinski definition) is 1. The summed E-state index contributed by atoms with van der Waals surface area (Å²) >= 11 is 6.14. The van der Waals surface area contributed by atoms with E-state index in [0.717, 1.165) is 6.42 Å². The van der Waals surface area contributed by atoms with Gasteiger partial charge in [-0.3, -0.25) is 0 Å². The third-order valence-electron chi connectivity index (χ3n) is 1.90. The van der Waals surface area contributed by atoms with E-state index in [0.29, 0.717) is 0 Å².